The van der Waals surface area contributed by atoms with Crippen molar-refractivity contribution in [3.63, 3.8) is 0 Å². The zero-order chi connectivity index (χ0) is 26.8. The van der Waals surface area contributed by atoms with E-state index in [0.717, 1.165) is 61.1 Å². The van der Waals surface area contributed by atoms with Crippen LogP contribution in [0.1, 0.15) is 51.7 Å². The van der Waals surface area contributed by atoms with Crippen LogP contribution in [0.15, 0.2) is 36.4 Å². The van der Waals surface area contributed by atoms with Crippen LogP contribution in [0.5, 0.6) is 17.2 Å². The fourth-order valence-corrected chi connectivity index (χ4v) is 4.52. The third-order valence-electron chi connectivity index (χ3n) is 6.67. The highest BCUT2D eigenvalue weighted by molar-refractivity contribution is 5.85. The fraction of sp³-hybridized carbons (Fsp3) is 0.600. The van der Waals surface area contributed by atoms with E-state index in [4.69, 9.17) is 14.2 Å². The lowest BCUT2D eigenvalue weighted by molar-refractivity contribution is 0.104. The Balaban J connectivity index is 0.00000380. The quantitative estimate of drug-likeness (QED) is 0.312. The number of nitrogens with zero attached hydrogens (tertiary/aromatic N) is 2. The smallest absolute Gasteiger partial charge is 0.142 e. The van der Waals surface area contributed by atoms with Crippen LogP contribution in [0, 0.1) is 6.92 Å². The normalized spacial score (nSPS) is 14.5. The number of aliphatic hydroxyl groups excluding tert-OH is 1. The number of nitrogens with one attached hydrogen (secondary N) is 1. The zero-order valence-electron chi connectivity index (χ0n) is 24.4. The number of aryl methyl sites for hydroxylation is 1. The molecule has 0 aliphatic carbocycles. The molecule has 0 radical (unpaired) electrons. The molecule has 0 amide bonds. The molecule has 3 rings (SSSR count). The Labute approximate surface area is 248 Å². The van der Waals surface area contributed by atoms with Gasteiger partial charge in [0.15, 0.2) is 0 Å². The van der Waals surface area contributed by atoms with Gasteiger partial charge in [0.1, 0.15) is 36.6 Å². The number of ether oxygens (including phenoxy) is 3. The predicted octanol–water partition coefficient (Wildman–Crippen LogP) is 5.30. The summed E-state index contributed by atoms with van der Waals surface area (Å²) in [6.07, 6.45) is -0.548. The van der Waals surface area contributed by atoms with Crippen molar-refractivity contribution < 1.29 is 19.3 Å². The largest absolute Gasteiger partial charge is 0.492 e. The number of rotatable bonds is 14. The van der Waals surface area contributed by atoms with Crippen molar-refractivity contribution in [3.8, 4) is 17.2 Å². The monoisotopic (exact) mass is 585 g/mol. The van der Waals surface area contributed by atoms with E-state index < -0.39 is 6.10 Å². The molecular weight excluding hydrogens is 537 g/mol. The summed E-state index contributed by atoms with van der Waals surface area (Å²) < 4.78 is 18.1. The van der Waals surface area contributed by atoms with E-state index in [1.165, 1.54) is 5.69 Å². The standard InChI is InChI=1S/C30H47N3O4.2ClH/c1-7-35-28-11-9-8-10-27(28)33-14-12-32(13-15-33)16-17-36-30-18-24(6)29(19-26(30)22(2)3)37-21-25(34)20-31-23(4)5;;/h8-11,18-19,22-23,25,31,34H,7,12-17,20-21H2,1-6H3;2*1H. The topological polar surface area (TPSA) is 66.4 Å². The Morgan fingerprint density at radius 1 is 0.897 bits per heavy atom. The summed E-state index contributed by atoms with van der Waals surface area (Å²) in [5.74, 6) is 3.00. The molecule has 7 nitrogen and oxygen atoms in total. The number of hydrogen-bond donors (Lipinski definition) is 2. The minimum absolute atomic E-state index is 0. The van der Waals surface area contributed by atoms with E-state index in [0.29, 0.717) is 31.7 Å². The summed E-state index contributed by atoms with van der Waals surface area (Å²) in [5, 5.41) is 13.5. The lowest BCUT2D eigenvalue weighted by Gasteiger charge is -2.36. The molecule has 2 N–H and O–H groups in total. The van der Waals surface area contributed by atoms with Gasteiger partial charge in [-0.25, -0.2) is 0 Å². The van der Waals surface area contributed by atoms with Gasteiger partial charge in [0, 0.05) is 50.9 Å². The highest BCUT2D eigenvalue weighted by atomic mass is 35.5. The van der Waals surface area contributed by atoms with Crippen molar-refractivity contribution in [2.24, 2.45) is 0 Å². The van der Waals surface area contributed by atoms with Gasteiger partial charge >= 0.3 is 0 Å². The summed E-state index contributed by atoms with van der Waals surface area (Å²) in [4.78, 5) is 4.88. The summed E-state index contributed by atoms with van der Waals surface area (Å²) in [5.41, 5.74) is 3.33. The third-order valence-corrected chi connectivity index (χ3v) is 6.67. The van der Waals surface area contributed by atoms with Crippen molar-refractivity contribution in [1.29, 1.82) is 0 Å². The highest BCUT2D eigenvalue weighted by Crippen LogP contribution is 2.34. The first kappa shape index (κ1) is 35.1. The SMILES string of the molecule is CCOc1ccccc1N1CCN(CCOc2cc(C)c(OCC(O)CNC(C)C)cc2C(C)C)CC1.Cl.Cl. The second-order valence-electron chi connectivity index (χ2n) is 10.4. The van der Waals surface area contributed by atoms with Gasteiger partial charge in [-0.2, -0.15) is 0 Å². The Kier molecular flexibility index (Phi) is 16.0. The lowest BCUT2D eigenvalue weighted by Crippen LogP contribution is -2.47. The fourth-order valence-electron chi connectivity index (χ4n) is 4.52. The van der Waals surface area contributed by atoms with E-state index in [1.54, 1.807) is 0 Å². The molecule has 39 heavy (non-hydrogen) atoms. The van der Waals surface area contributed by atoms with Crippen LogP contribution >= 0.6 is 24.8 Å². The van der Waals surface area contributed by atoms with Gasteiger partial charge in [-0.3, -0.25) is 4.90 Å². The first-order valence-corrected chi connectivity index (χ1v) is 13.8. The molecule has 1 heterocycles. The summed E-state index contributed by atoms with van der Waals surface area (Å²) in [7, 11) is 0. The van der Waals surface area contributed by atoms with E-state index in [-0.39, 0.29) is 31.4 Å². The molecule has 0 saturated carbocycles. The van der Waals surface area contributed by atoms with Crippen LogP contribution in [0.4, 0.5) is 5.69 Å². The molecule has 0 aromatic heterocycles. The van der Waals surface area contributed by atoms with Crippen LogP contribution in [-0.4, -0.2) is 81.2 Å². The molecule has 9 heteroatoms. The highest BCUT2D eigenvalue weighted by Gasteiger charge is 2.20. The Morgan fingerprint density at radius 3 is 2.23 bits per heavy atom. The molecule has 222 valence electrons. The van der Waals surface area contributed by atoms with Crippen molar-refractivity contribution in [2.45, 2.75) is 59.6 Å². The molecule has 1 saturated heterocycles. The molecule has 1 fully saturated rings. The molecule has 2 aromatic carbocycles. The van der Waals surface area contributed by atoms with Gasteiger partial charge in [-0.05, 0) is 49.6 Å². The van der Waals surface area contributed by atoms with Crippen LogP contribution in [0.25, 0.3) is 0 Å². The zero-order valence-corrected chi connectivity index (χ0v) is 26.1. The van der Waals surface area contributed by atoms with Gasteiger partial charge in [-0.15, -0.1) is 24.8 Å². The molecule has 1 aliphatic heterocycles. The Hall–Kier alpha value is -1.90. The number of halogens is 2. The van der Waals surface area contributed by atoms with Gasteiger partial charge in [0.2, 0.25) is 0 Å². The minimum Gasteiger partial charge on any atom is -0.492 e. The van der Waals surface area contributed by atoms with Crippen LogP contribution in [0.2, 0.25) is 0 Å². The van der Waals surface area contributed by atoms with Gasteiger partial charge in [0.05, 0.1) is 12.3 Å². The number of piperazine rings is 1. The summed E-state index contributed by atoms with van der Waals surface area (Å²) in [6.45, 7) is 19.5. The Morgan fingerprint density at radius 2 is 1.59 bits per heavy atom. The van der Waals surface area contributed by atoms with E-state index in [2.05, 4.69) is 73.1 Å². The van der Waals surface area contributed by atoms with E-state index in [9.17, 15) is 5.11 Å². The van der Waals surface area contributed by atoms with Crippen molar-refractivity contribution in [3.05, 3.63) is 47.5 Å². The summed E-state index contributed by atoms with van der Waals surface area (Å²) >= 11 is 0. The number of hydrogen-bond acceptors (Lipinski definition) is 7. The Bertz CT molecular complexity index is 969. The second kappa shape index (κ2) is 17.7. The first-order valence-electron chi connectivity index (χ1n) is 13.8. The van der Waals surface area contributed by atoms with Crippen LogP contribution in [-0.2, 0) is 0 Å². The number of para-hydroxylation sites is 2. The van der Waals surface area contributed by atoms with Crippen molar-refractivity contribution in [2.75, 3.05) is 64.0 Å². The lowest BCUT2D eigenvalue weighted by atomic mass is 10.00. The molecule has 0 spiro atoms. The van der Waals surface area contributed by atoms with Gasteiger partial charge in [-0.1, -0.05) is 39.8 Å². The molecule has 1 atom stereocenters. The number of aliphatic hydroxyl groups is 1. The predicted molar refractivity (Wildman–Crippen MR) is 166 cm³/mol. The summed E-state index contributed by atoms with van der Waals surface area (Å²) in [6, 6.07) is 12.8. The maximum Gasteiger partial charge on any atom is 0.142 e. The maximum atomic E-state index is 10.2. The molecule has 1 unspecified atom stereocenters. The van der Waals surface area contributed by atoms with Gasteiger partial charge in [0.25, 0.3) is 0 Å². The third kappa shape index (κ3) is 10.9. The van der Waals surface area contributed by atoms with E-state index >= 15 is 0 Å². The minimum atomic E-state index is -0.548. The first-order chi connectivity index (χ1) is 17.8. The van der Waals surface area contributed by atoms with Crippen LogP contribution < -0.4 is 24.4 Å². The maximum absolute atomic E-state index is 10.2. The molecule has 0 bridgehead atoms. The second-order valence-corrected chi connectivity index (χ2v) is 10.4. The number of anilines is 1. The number of benzene rings is 2. The average Bonchev–Trinajstić information content (AvgIpc) is 2.87. The van der Waals surface area contributed by atoms with Gasteiger partial charge < -0.3 is 29.5 Å². The molecular formula is C30H49Cl2N3O4. The van der Waals surface area contributed by atoms with E-state index in [1.807, 2.05) is 19.9 Å². The van der Waals surface area contributed by atoms with Crippen molar-refractivity contribution >= 4 is 30.5 Å². The molecule has 2 aromatic rings. The average molecular weight is 587 g/mol. The molecule has 1 aliphatic rings. The van der Waals surface area contributed by atoms with Crippen LogP contribution in [0.3, 0.4) is 0 Å². The van der Waals surface area contributed by atoms with Crippen molar-refractivity contribution in [1.82, 2.24) is 10.2 Å².